The van der Waals surface area contributed by atoms with Crippen LogP contribution in [-0.2, 0) is 11.0 Å². The number of para-hydroxylation sites is 1. The standard InChI is InChI=1S/C22H16F3N5OS2/c1-12-9-13(2)29-20(26-12)27-28-21(29)32-11-19(31)30-15-5-3-4-6-17(15)33-18-8-7-14(10-16(18)30)22(23,24)25/h3-10H,11H2,1-2H3. The first-order valence-electron chi connectivity index (χ1n) is 9.85. The van der Waals surface area contributed by atoms with Crippen LogP contribution >= 0.6 is 23.5 Å². The molecule has 3 heterocycles. The molecule has 0 unspecified atom stereocenters. The topological polar surface area (TPSA) is 63.4 Å². The van der Waals surface area contributed by atoms with Gasteiger partial charge >= 0.3 is 6.18 Å². The number of rotatable bonds is 3. The number of carbonyl (C=O) groups is 1. The van der Waals surface area contributed by atoms with Crippen LogP contribution in [0.2, 0.25) is 0 Å². The predicted octanol–water partition coefficient (Wildman–Crippen LogP) is 5.68. The SMILES string of the molecule is Cc1cc(C)n2c(SCC(=O)N3c4ccccc4Sc4ccc(C(F)(F)F)cc43)nnc2n1. The van der Waals surface area contributed by atoms with Crippen LogP contribution in [0.1, 0.15) is 17.0 Å². The monoisotopic (exact) mass is 487 g/mol. The van der Waals surface area contributed by atoms with Crippen molar-refractivity contribution >= 4 is 46.6 Å². The Morgan fingerprint density at radius 3 is 2.58 bits per heavy atom. The molecule has 0 N–H and O–H groups in total. The first kappa shape index (κ1) is 21.8. The molecule has 1 aliphatic rings. The van der Waals surface area contributed by atoms with Gasteiger partial charge in [-0.1, -0.05) is 35.7 Å². The number of fused-ring (bicyclic) bond motifs is 3. The second-order valence-electron chi connectivity index (χ2n) is 7.42. The molecule has 0 atom stereocenters. The summed E-state index contributed by atoms with van der Waals surface area (Å²) in [7, 11) is 0. The van der Waals surface area contributed by atoms with Crippen molar-refractivity contribution in [1.82, 2.24) is 19.6 Å². The number of amides is 1. The second-order valence-corrected chi connectivity index (χ2v) is 9.45. The van der Waals surface area contributed by atoms with E-state index in [0.717, 1.165) is 28.4 Å². The van der Waals surface area contributed by atoms with Crippen molar-refractivity contribution in [2.45, 2.75) is 35.0 Å². The summed E-state index contributed by atoms with van der Waals surface area (Å²) in [6, 6.07) is 12.5. The molecular formula is C22H16F3N5OS2. The van der Waals surface area contributed by atoms with Crippen LogP contribution in [0, 0.1) is 13.8 Å². The number of halogens is 3. The van der Waals surface area contributed by atoms with E-state index in [1.165, 1.54) is 34.5 Å². The number of benzene rings is 2. The largest absolute Gasteiger partial charge is 0.416 e. The van der Waals surface area contributed by atoms with E-state index in [4.69, 9.17) is 0 Å². The molecule has 2 aromatic carbocycles. The van der Waals surface area contributed by atoms with Crippen molar-refractivity contribution in [1.29, 1.82) is 0 Å². The highest BCUT2D eigenvalue weighted by Crippen LogP contribution is 2.49. The van der Waals surface area contributed by atoms with E-state index in [2.05, 4.69) is 15.2 Å². The van der Waals surface area contributed by atoms with Gasteiger partial charge in [-0.25, -0.2) is 4.98 Å². The van der Waals surface area contributed by atoms with E-state index in [-0.39, 0.29) is 17.3 Å². The van der Waals surface area contributed by atoms with Gasteiger partial charge in [0.2, 0.25) is 5.91 Å². The lowest BCUT2D eigenvalue weighted by Gasteiger charge is -2.31. The lowest BCUT2D eigenvalue weighted by atomic mass is 10.1. The molecule has 0 fully saturated rings. The Morgan fingerprint density at radius 1 is 1.03 bits per heavy atom. The number of aryl methyl sites for hydroxylation is 2. The zero-order chi connectivity index (χ0) is 23.3. The second kappa shape index (κ2) is 8.07. The fraction of sp³-hybridized carbons (Fsp3) is 0.182. The quantitative estimate of drug-likeness (QED) is 0.347. The fourth-order valence-corrected chi connectivity index (χ4v) is 5.56. The Morgan fingerprint density at radius 2 is 1.79 bits per heavy atom. The third-order valence-corrected chi connectivity index (χ3v) is 7.13. The summed E-state index contributed by atoms with van der Waals surface area (Å²) >= 11 is 2.51. The van der Waals surface area contributed by atoms with Crippen LogP contribution in [0.5, 0.6) is 0 Å². The summed E-state index contributed by atoms with van der Waals surface area (Å²) in [6.07, 6.45) is -4.51. The van der Waals surface area contributed by atoms with Gasteiger partial charge in [0, 0.05) is 21.2 Å². The minimum atomic E-state index is -4.51. The Labute approximate surface area is 195 Å². The molecular weight excluding hydrogens is 471 g/mol. The fourth-order valence-electron chi connectivity index (χ4n) is 3.68. The van der Waals surface area contributed by atoms with E-state index >= 15 is 0 Å². The molecule has 4 aromatic rings. The van der Waals surface area contributed by atoms with Crippen molar-refractivity contribution in [3.63, 3.8) is 0 Å². The minimum absolute atomic E-state index is 0.0389. The number of carbonyl (C=O) groups excluding carboxylic acids is 1. The van der Waals surface area contributed by atoms with Crippen LogP contribution in [0.3, 0.4) is 0 Å². The Kier molecular flexibility index (Phi) is 5.32. The number of hydrogen-bond acceptors (Lipinski definition) is 6. The Balaban J connectivity index is 1.50. The van der Waals surface area contributed by atoms with Gasteiger partial charge in [-0.15, -0.1) is 10.2 Å². The van der Waals surface area contributed by atoms with Crippen molar-refractivity contribution in [2.24, 2.45) is 0 Å². The normalized spacial score (nSPS) is 13.2. The van der Waals surface area contributed by atoms with Gasteiger partial charge < -0.3 is 0 Å². The van der Waals surface area contributed by atoms with Crippen molar-refractivity contribution in [2.75, 3.05) is 10.7 Å². The number of thioether (sulfide) groups is 1. The number of nitrogens with zero attached hydrogens (tertiary/aromatic N) is 5. The van der Waals surface area contributed by atoms with Crippen LogP contribution < -0.4 is 4.90 Å². The third-order valence-electron chi connectivity index (χ3n) is 5.09. The molecule has 1 amide bonds. The van der Waals surface area contributed by atoms with Gasteiger partial charge in [0.15, 0.2) is 5.16 Å². The Bertz CT molecular complexity index is 1400. The number of aromatic nitrogens is 4. The smallest absolute Gasteiger partial charge is 0.278 e. The molecule has 6 nitrogen and oxygen atoms in total. The lowest BCUT2D eigenvalue weighted by molar-refractivity contribution is -0.137. The number of hydrogen-bond donors (Lipinski definition) is 0. The highest BCUT2D eigenvalue weighted by atomic mass is 32.2. The zero-order valence-electron chi connectivity index (χ0n) is 17.4. The zero-order valence-corrected chi connectivity index (χ0v) is 19.1. The van der Waals surface area contributed by atoms with Gasteiger partial charge in [0.25, 0.3) is 5.78 Å². The first-order valence-corrected chi connectivity index (χ1v) is 11.7. The molecule has 0 spiro atoms. The summed E-state index contributed by atoms with van der Waals surface area (Å²) in [6.45, 7) is 3.75. The van der Waals surface area contributed by atoms with Crippen LogP contribution in [0.4, 0.5) is 24.5 Å². The molecule has 0 saturated heterocycles. The average Bonchev–Trinajstić information content (AvgIpc) is 3.17. The third kappa shape index (κ3) is 3.95. The van der Waals surface area contributed by atoms with Gasteiger partial charge in [0.1, 0.15) is 0 Å². The summed E-state index contributed by atoms with van der Waals surface area (Å²) in [4.78, 5) is 20.5. The van der Waals surface area contributed by atoms with Gasteiger partial charge in [-0.05, 0) is 50.2 Å². The van der Waals surface area contributed by atoms with E-state index in [0.29, 0.717) is 21.5 Å². The van der Waals surface area contributed by atoms with Crippen LogP contribution in [0.15, 0.2) is 63.5 Å². The molecule has 0 aliphatic carbocycles. The van der Waals surface area contributed by atoms with Gasteiger partial charge in [0.05, 0.1) is 22.7 Å². The lowest BCUT2D eigenvalue weighted by Crippen LogP contribution is -2.30. The molecule has 1 aliphatic heterocycles. The molecule has 5 rings (SSSR count). The van der Waals surface area contributed by atoms with Crippen molar-refractivity contribution in [3.05, 3.63) is 65.5 Å². The Hall–Kier alpha value is -3.05. The average molecular weight is 488 g/mol. The van der Waals surface area contributed by atoms with Crippen LogP contribution in [0.25, 0.3) is 5.78 Å². The maximum absolute atomic E-state index is 13.4. The molecule has 0 bridgehead atoms. The maximum Gasteiger partial charge on any atom is 0.416 e. The highest BCUT2D eigenvalue weighted by Gasteiger charge is 2.35. The van der Waals surface area contributed by atoms with Gasteiger partial charge in [-0.2, -0.15) is 13.2 Å². The molecule has 33 heavy (non-hydrogen) atoms. The molecule has 168 valence electrons. The molecule has 0 radical (unpaired) electrons. The number of alkyl halides is 3. The van der Waals surface area contributed by atoms with Crippen molar-refractivity contribution in [3.8, 4) is 0 Å². The molecule has 11 heteroatoms. The number of anilines is 2. The van der Waals surface area contributed by atoms with E-state index in [1.54, 1.807) is 16.5 Å². The van der Waals surface area contributed by atoms with Crippen LogP contribution in [-0.4, -0.2) is 31.2 Å². The van der Waals surface area contributed by atoms with Crippen molar-refractivity contribution < 1.29 is 18.0 Å². The highest BCUT2D eigenvalue weighted by molar-refractivity contribution is 8.00. The first-order chi connectivity index (χ1) is 15.7. The summed E-state index contributed by atoms with van der Waals surface area (Å²) < 4.78 is 41.9. The molecule has 0 saturated carbocycles. The minimum Gasteiger partial charge on any atom is -0.278 e. The summed E-state index contributed by atoms with van der Waals surface area (Å²) in [5.74, 6) is 0.0353. The van der Waals surface area contributed by atoms with E-state index in [1.807, 2.05) is 32.0 Å². The van der Waals surface area contributed by atoms with E-state index < -0.39 is 11.7 Å². The van der Waals surface area contributed by atoms with E-state index in [9.17, 15) is 18.0 Å². The summed E-state index contributed by atoms with van der Waals surface area (Å²) in [5.41, 5.74) is 1.65. The predicted molar refractivity (Wildman–Crippen MR) is 120 cm³/mol. The summed E-state index contributed by atoms with van der Waals surface area (Å²) in [5, 5.41) is 8.70. The van der Waals surface area contributed by atoms with Gasteiger partial charge in [-0.3, -0.25) is 14.1 Å². The maximum atomic E-state index is 13.4. The molecule has 2 aromatic heterocycles.